The van der Waals surface area contributed by atoms with Crippen LogP contribution in [0.3, 0.4) is 0 Å². The van der Waals surface area contributed by atoms with Crippen molar-refractivity contribution in [1.29, 1.82) is 0 Å². The molecule has 0 aliphatic heterocycles. The highest BCUT2D eigenvalue weighted by Gasteiger charge is 2.05. The number of nitrogens with zero attached hydrogens (tertiary/aromatic N) is 1. The van der Waals surface area contributed by atoms with Gasteiger partial charge in [-0.05, 0) is 0 Å². The number of halogens is 1. The Morgan fingerprint density at radius 2 is 2.00 bits per heavy atom. The Morgan fingerprint density at radius 3 is 2.69 bits per heavy atom. The third-order valence-corrected chi connectivity index (χ3v) is 2.17. The average molecular weight is 193 g/mol. The molecule has 0 aliphatic rings. The summed E-state index contributed by atoms with van der Waals surface area (Å²) in [5.74, 6) is 0.463. The number of hydrogen-bond acceptors (Lipinski definition) is 1. The molecule has 0 saturated carbocycles. The van der Waals surface area contributed by atoms with Crippen LogP contribution in [0.15, 0.2) is 36.7 Å². The molecule has 0 aliphatic carbocycles. The predicted molar refractivity (Wildman–Crippen MR) is 53.6 cm³/mol. The van der Waals surface area contributed by atoms with Gasteiger partial charge in [-0.15, -0.1) is 11.6 Å². The predicted octanol–water partition coefficient (Wildman–Crippen LogP) is 2.82. The first-order valence-electron chi connectivity index (χ1n) is 4.05. The van der Waals surface area contributed by atoms with Crippen LogP contribution >= 0.6 is 11.6 Å². The molecule has 0 unspecified atom stereocenters. The van der Waals surface area contributed by atoms with Gasteiger partial charge in [-0.3, -0.25) is 0 Å². The molecule has 0 fully saturated rings. The fourth-order valence-corrected chi connectivity index (χ4v) is 1.47. The van der Waals surface area contributed by atoms with Crippen molar-refractivity contribution in [2.24, 2.45) is 0 Å². The second-order valence-electron chi connectivity index (χ2n) is 2.73. The number of aromatic nitrogens is 2. The maximum Gasteiger partial charge on any atom is 0.0929 e. The monoisotopic (exact) mass is 192 g/mol. The molecule has 0 radical (unpaired) electrons. The van der Waals surface area contributed by atoms with Crippen molar-refractivity contribution in [2.45, 2.75) is 5.88 Å². The standard InChI is InChI=1S/C10H9ClN2/c11-6-9-10(13-7-12-9)8-4-2-1-3-5-8/h1-5,7H,6H2,(H,12,13). The lowest BCUT2D eigenvalue weighted by Crippen LogP contribution is -1.83. The van der Waals surface area contributed by atoms with Gasteiger partial charge in [-0.1, -0.05) is 30.3 Å². The highest BCUT2D eigenvalue weighted by Crippen LogP contribution is 2.20. The third-order valence-electron chi connectivity index (χ3n) is 1.90. The molecule has 1 N–H and O–H groups in total. The van der Waals surface area contributed by atoms with Gasteiger partial charge in [0.2, 0.25) is 0 Å². The van der Waals surface area contributed by atoms with Crippen LogP contribution in [-0.4, -0.2) is 9.97 Å². The first-order valence-corrected chi connectivity index (χ1v) is 4.59. The summed E-state index contributed by atoms with van der Waals surface area (Å²) in [4.78, 5) is 7.23. The van der Waals surface area contributed by atoms with Crippen molar-refractivity contribution in [1.82, 2.24) is 9.97 Å². The van der Waals surface area contributed by atoms with Gasteiger partial charge in [0.05, 0.1) is 23.6 Å². The molecule has 0 bridgehead atoms. The lowest BCUT2D eigenvalue weighted by molar-refractivity contribution is 1.22. The van der Waals surface area contributed by atoms with Gasteiger partial charge in [0.15, 0.2) is 0 Å². The van der Waals surface area contributed by atoms with Gasteiger partial charge in [-0.25, -0.2) is 4.98 Å². The third kappa shape index (κ3) is 1.58. The smallest absolute Gasteiger partial charge is 0.0929 e. The van der Waals surface area contributed by atoms with Crippen molar-refractivity contribution in [3.8, 4) is 11.3 Å². The van der Waals surface area contributed by atoms with Crippen LogP contribution in [0.4, 0.5) is 0 Å². The number of imidazole rings is 1. The Labute approximate surface area is 81.6 Å². The second kappa shape index (κ2) is 3.62. The minimum absolute atomic E-state index is 0.463. The van der Waals surface area contributed by atoms with Crippen LogP contribution in [-0.2, 0) is 5.88 Å². The van der Waals surface area contributed by atoms with Gasteiger partial charge in [-0.2, -0.15) is 0 Å². The van der Waals surface area contributed by atoms with Gasteiger partial charge in [0.25, 0.3) is 0 Å². The molecule has 0 saturated heterocycles. The Morgan fingerprint density at radius 1 is 1.23 bits per heavy atom. The van der Waals surface area contributed by atoms with E-state index in [1.165, 1.54) is 0 Å². The lowest BCUT2D eigenvalue weighted by atomic mass is 10.1. The molecule has 66 valence electrons. The number of nitrogens with one attached hydrogen (secondary N) is 1. The van der Waals surface area contributed by atoms with Crippen molar-refractivity contribution >= 4 is 11.6 Å². The molecule has 1 heterocycles. The van der Waals surface area contributed by atoms with E-state index in [9.17, 15) is 0 Å². The Hall–Kier alpha value is -1.28. The van der Waals surface area contributed by atoms with E-state index in [1.54, 1.807) is 6.33 Å². The van der Waals surface area contributed by atoms with E-state index in [4.69, 9.17) is 11.6 Å². The first kappa shape index (κ1) is 8.32. The summed E-state index contributed by atoms with van der Waals surface area (Å²) in [6, 6.07) is 10.00. The molecule has 2 aromatic rings. The number of benzene rings is 1. The number of alkyl halides is 1. The number of hydrogen-bond donors (Lipinski definition) is 1. The van der Waals surface area contributed by atoms with Gasteiger partial charge < -0.3 is 4.98 Å². The number of rotatable bonds is 2. The number of aromatic amines is 1. The molecule has 2 rings (SSSR count). The Bertz CT molecular complexity index is 381. The van der Waals surface area contributed by atoms with E-state index < -0.39 is 0 Å². The van der Waals surface area contributed by atoms with Gasteiger partial charge >= 0.3 is 0 Å². The van der Waals surface area contributed by atoms with E-state index in [0.29, 0.717) is 5.88 Å². The summed E-state index contributed by atoms with van der Waals surface area (Å²) in [7, 11) is 0. The van der Waals surface area contributed by atoms with Crippen LogP contribution in [0.5, 0.6) is 0 Å². The van der Waals surface area contributed by atoms with Crippen LogP contribution < -0.4 is 0 Å². The van der Waals surface area contributed by atoms with Crippen LogP contribution in [0, 0.1) is 0 Å². The van der Waals surface area contributed by atoms with Crippen molar-refractivity contribution < 1.29 is 0 Å². The fourth-order valence-electron chi connectivity index (χ4n) is 1.27. The van der Waals surface area contributed by atoms with E-state index >= 15 is 0 Å². The van der Waals surface area contributed by atoms with E-state index in [0.717, 1.165) is 17.0 Å². The summed E-state index contributed by atoms with van der Waals surface area (Å²) in [6.45, 7) is 0. The minimum Gasteiger partial charge on any atom is -0.347 e. The molecule has 1 aromatic carbocycles. The van der Waals surface area contributed by atoms with Crippen LogP contribution in [0.1, 0.15) is 5.69 Å². The molecular formula is C10H9ClN2. The van der Waals surface area contributed by atoms with Crippen LogP contribution in [0.25, 0.3) is 11.3 Å². The van der Waals surface area contributed by atoms with Crippen molar-refractivity contribution in [3.63, 3.8) is 0 Å². The van der Waals surface area contributed by atoms with Gasteiger partial charge in [0, 0.05) is 5.56 Å². The summed E-state index contributed by atoms with van der Waals surface area (Å²) in [5, 5.41) is 0. The molecule has 2 nitrogen and oxygen atoms in total. The maximum atomic E-state index is 5.75. The topological polar surface area (TPSA) is 28.7 Å². The Balaban J connectivity index is 2.47. The molecule has 13 heavy (non-hydrogen) atoms. The minimum atomic E-state index is 0.463. The van der Waals surface area contributed by atoms with E-state index in [-0.39, 0.29) is 0 Å². The fraction of sp³-hybridized carbons (Fsp3) is 0.100. The van der Waals surface area contributed by atoms with Crippen molar-refractivity contribution in [3.05, 3.63) is 42.4 Å². The highest BCUT2D eigenvalue weighted by atomic mass is 35.5. The summed E-state index contributed by atoms with van der Waals surface area (Å²) >= 11 is 5.75. The summed E-state index contributed by atoms with van der Waals surface area (Å²) in [5.41, 5.74) is 3.00. The zero-order valence-electron chi connectivity index (χ0n) is 7.00. The molecule has 1 aromatic heterocycles. The highest BCUT2D eigenvalue weighted by molar-refractivity contribution is 6.17. The van der Waals surface area contributed by atoms with E-state index in [1.807, 2.05) is 30.3 Å². The van der Waals surface area contributed by atoms with Gasteiger partial charge in [0.1, 0.15) is 0 Å². The van der Waals surface area contributed by atoms with Crippen LogP contribution in [0.2, 0.25) is 0 Å². The largest absolute Gasteiger partial charge is 0.347 e. The quantitative estimate of drug-likeness (QED) is 0.729. The Kier molecular flexibility index (Phi) is 2.32. The molecule has 3 heteroatoms. The average Bonchev–Trinajstić information content (AvgIpc) is 2.67. The lowest BCUT2D eigenvalue weighted by Gasteiger charge is -1.98. The zero-order chi connectivity index (χ0) is 9.10. The SMILES string of the molecule is ClCc1[nH]cnc1-c1ccccc1. The first-order chi connectivity index (χ1) is 6.42. The van der Waals surface area contributed by atoms with E-state index in [2.05, 4.69) is 9.97 Å². The second-order valence-corrected chi connectivity index (χ2v) is 3.00. The molecule has 0 spiro atoms. The molecule has 0 amide bonds. The number of H-pyrrole nitrogens is 1. The molecule has 0 atom stereocenters. The summed E-state index contributed by atoms with van der Waals surface area (Å²) < 4.78 is 0. The normalized spacial score (nSPS) is 10.2. The van der Waals surface area contributed by atoms with Crippen molar-refractivity contribution in [2.75, 3.05) is 0 Å². The zero-order valence-corrected chi connectivity index (χ0v) is 7.75. The maximum absolute atomic E-state index is 5.75. The summed E-state index contributed by atoms with van der Waals surface area (Å²) in [6.07, 6.45) is 1.67. The molecular weight excluding hydrogens is 184 g/mol.